The molecule has 5 nitrogen and oxygen atoms in total. The highest BCUT2D eigenvalue weighted by atomic mass is 35.5. The second-order valence-electron chi connectivity index (χ2n) is 4.18. The molecule has 0 unspecified atom stereocenters. The first-order valence-electron chi connectivity index (χ1n) is 6.07. The zero-order valence-corrected chi connectivity index (χ0v) is 12.0. The summed E-state index contributed by atoms with van der Waals surface area (Å²) in [5.74, 6) is 1.53. The maximum absolute atomic E-state index is 11.8. The van der Waals surface area contributed by atoms with Gasteiger partial charge in [-0.05, 0) is 18.6 Å². The number of hydrogen-bond acceptors (Lipinski definition) is 4. The number of ether oxygens (including phenoxy) is 2. The smallest absolute Gasteiger partial charge is 0.232 e. The molecule has 1 aromatic carbocycles. The lowest BCUT2D eigenvalue weighted by Gasteiger charge is -2.11. The Morgan fingerprint density at radius 1 is 1.21 bits per heavy atom. The number of anilines is 1. The molecule has 1 heterocycles. The van der Waals surface area contributed by atoms with Crippen LogP contribution < -0.4 is 14.2 Å². The third-order valence-corrected chi connectivity index (χ3v) is 4.21. The summed E-state index contributed by atoms with van der Waals surface area (Å²) in [5.41, 5.74) is 0.471. The first-order valence-corrected chi connectivity index (χ1v) is 8.25. The van der Waals surface area contributed by atoms with E-state index < -0.39 is 10.0 Å². The maximum Gasteiger partial charge on any atom is 0.232 e. The van der Waals surface area contributed by atoms with E-state index in [-0.39, 0.29) is 5.75 Å². The van der Waals surface area contributed by atoms with Crippen molar-refractivity contribution in [2.45, 2.75) is 12.8 Å². The molecule has 106 valence electrons. The van der Waals surface area contributed by atoms with Gasteiger partial charge in [-0.2, -0.15) is 0 Å². The summed E-state index contributed by atoms with van der Waals surface area (Å²) >= 11 is 5.49. The molecule has 1 aliphatic rings. The minimum absolute atomic E-state index is 0.00490. The molecule has 0 spiro atoms. The quantitative estimate of drug-likeness (QED) is 0.847. The average Bonchev–Trinajstić information content (AvgIpc) is 2.60. The van der Waals surface area contributed by atoms with Crippen LogP contribution in [-0.2, 0) is 10.0 Å². The topological polar surface area (TPSA) is 64.6 Å². The number of nitrogens with one attached hydrogen (secondary N) is 1. The van der Waals surface area contributed by atoms with Crippen LogP contribution >= 0.6 is 11.6 Å². The van der Waals surface area contributed by atoms with Gasteiger partial charge in [-0.15, -0.1) is 11.6 Å². The third kappa shape index (κ3) is 4.18. The highest BCUT2D eigenvalue weighted by Gasteiger charge is 2.14. The van der Waals surface area contributed by atoms with Crippen molar-refractivity contribution >= 4 is 27.3 Å². The monoisotopic (exact) mass is 305 g/mol. The number of sulfonamides is 1. The summed E-state index contributed by atoms with van der Waals surface area (Å²) in [6, 6.07) is 5.00. The van der Waals surface area contributed by atoms with Crippen molar-refractivity contribution in [1.82, 2.24) is 0 Å². The van der Waals surface area contributed by atoms with Crippen molar-refractivity contribution in [3.05, 3.63) is 18.2 Å². The van der Waals surface area contributed by atoms with Gasteiger partial charge in [-0.1, -0.05) is 0 Å². The van der Waals surface area contributed by atoms with Crippen molar-refractivity contribution in [3.63, 3.8) is 0 Å². The number of alkyl halides is 1. The normalized spacial score (nSPS) is 14.8. The fourth-order valence-electron chi connectivity index (χ4n) is 1.70. The number of benzene rings is 1. The number of hydrogen-bond donors (Lipinski definition) is 1. The molecule has 0 aromatic heterocycles. The number of halogens is 1. The van der Waals surface area contributed by atoms with Crippen molar-refractivity contribution in [2.24, 2.45) is 0 Å². The first kappa shape index (κ1) is 14.3. The van der Waals surface area contributed by atoms with Crippen LogP contribution in [0.1, 0.15) is 12.8 Å². The Labute approximate surface area is 117 Å². The van der Waals surface area contributed by atoms with E-state index >= 15 is 0 Å². The van der Waals surface area contributed by atoms with Gasteiger partial charge in [0, 0.05) is 18.4 Å². The van der Waals surface area contributed by atoms with Crippen LogP contribution in [0.25, 0.3) is 0 Å². The Hall–Kier alpha value is -1.14. The minimum atomic E-state index is -3.36. The van der Waals surface area contributed by atoms with Gasteiger partial charge in [0.15, 0.2) is 11.5 Å². The summed E-state index contributed by atoms with van der Waals surface area (Å²) in [6.45, 7) is 1.17. The van der Waals surface area contributed by atoms with Gasteiger partial charge in [0.2, 0.25) is 10.0 Å². The highest BCUT2D eigenvalue weighted by molar-refractivity contribution is 7.92. The van der Waals surface area contributed by atoms with Gasteiger partial charge in [0.1, 0.15) is 0 Å². The molecule has 0 fully saturated rings. The molecule has 0 saturated carbocycles. The molecule has 0 amide bonds. The highest BCUT2D eigenvalue weighted by Crippen LogP contribution is 2.32. The zero-order chi connectivity index (χ0) is 13.7. The molecule has 19 heavy (non-hydrogen) atoms. The SMILES string of the molecule is O=S(=O)(CCCCl)Nc1ccc2c(c1)OCCCO2. The van der Waals surface area contributed by atoms with Crippen molar-refractivity contribution in [1.29, 1.82) is 0 Å². The van der Waals surface area contributed by atoms with Gasteiger partial charge in [-0.25, -0.2) is 8.42 Å². The lowest BCUT2D eigenvalue weighted by atomic mass is 10.3. The fourth-order valence-corrected chi connectivity index (χ4v) is 3.11. The van der Waals surface area contributed by atoms with E-state index in [1.54, 1.807) is 18.2 Å². The van der Waals surface area contributed by atoms with E-state index in [4.69, 9.17) is 21.1 Å². The Morgan fingerprint density at radius 2 is 1.95 bits per heavy atom. The lowest BCUT2D eigenvalue weighted by molar-refractivity contribution is 0.297. The van der Waals surface area contributed by atoms with Gasteiger partial charge in [0.05, 0.1) is 24.7 Å². The van der Waals surface area contributed by atoms with E-state index in [0.29, 0.717) is 42.7 Å². The van der Waals surface area contributed by atoms with E-state index in [2.05, 4.69) is 4.72 Å². The molecule has 0 aliphatic carbocycles. The number of fused-ring (bicyclic) bond motifs is 1. The van der Waals surface area contributed by atoms with Gasteiger partial charge >= 0.3 is 0 Å². The molecular weight excluding hydrogens is 290 g/mol. The summed E-state index contributed by atoms with van der Waals surface area (Å²) in [4.78, 5) is 0. The zero-order valence-electron chi connectivity index (χ0n) is 10.4. The largest absolute Gasteiger partial charge is 0.490 e. The van der Waals surface area contributed by atoms with Crippen LogP contribution in [0.15, 0.2) is 18.2 Å². The van der Waals surface area contributed by atoms with Gasteiger partial charge < -0.3 is 9.47 Å². The Kier molecular flexibility index (Phi) is 4.76. The summed E-state index contributed by atoms with van der Waals surface area (Å²) in [5, 5.41) is 0. The molecule has 0 atom stereocenters. The van der Waals surface area contributed by atoms with Crippen molar-refractivity contribution < 1.29 is 17.9 Å². The average molecular weight is 306 g/mol. The second kappa shape index (κ2) is 6.34. The maximum atomic E-state index is 11.8. The van der Waals surface area contributed by atoms with E-state index in [9.17, 15) is 8.42 Å². The minimum Gasteiger partial charge on any atom is -0.490 e. The molecule has 0 saturated heterocycles. The predicted octanol–water partition coefficient (Wildman–Crippen LogP) is 2.22. The van der Waals surface area contributed by atoms with Crippen LogP contribution in [0.3, 0.4) is 0 Å². The summed E-state index contributed by atoms with van der Waals surface area (Å²) in [7, 11) is -3.36. The molecule has 2 rings (SSSR count). The fraction of sp³-hybridized carbons (Fsp3) is 0.500. The first-order chi connectivity index (χ1) is 9.11. The predicted molar refractivity (Wildman–Crippen MR) is 74.8 cm³/mol. The van der Waals surface area contributed by atoms with Gasteiger partial charge in [0.25, 0.3) is 0 Å². The Bertz CT molecular complexity index is 533. The second-order valence-corrected chi connectivity index (χ2v) is 6.40. The van der Waals surface area contributed by atoms with Crippen LogP contribution in [0.5, 0.6) is 11.5 Å². The summed E-state index contributed by atoms with van der Waals surface area (Å²) < 4.78 is 37.0. The third-order valence-electron chi connectivity index (χ3n) is 2.57. The van der Waals surface area contributed by atoms with Crippen molar-refractivity contribution in [3.8, 4) is 11.5 Å². The van der Waals surface area contributed by atoms with Gasteiger partial charge in [-0.3, -0.25) is 4.72 Å². The Morgan fingerprint density at radius 3 is 2.68 bits per heavy atom. The molecule has 0 bridgehead atoms. The molecule has 1 aliphatic heterocycles. The molecular formula is C12H16ClNO4S. The van der Waals surface area contributed by atoms with E-state index in [1.807, 2.05) is 0 Å². The van der Waals surface area contributed by atoms with Crippen LogP contribution in [0.4, 0.5) is 5.69 Å². The molecule has 1 N–H and O–H groups in total. The molecule has 7 heteroatoms. The van der Waals surface area contributed by atoms with E-state index in [1.165, 1.54) is 0 Å². The molecule has 1 aromatic rings. The Balaban J connectivity index is 2.11. The van der Waals surface area contributed by atoms with E-state index in [0.717, 1.165) is 6.42 Å². The van der Waals surface area contributed by atoms with Crippen LogP contribution in [0, 0.1) is 0 Å². The van der Waals surface area contributed by atoms with Crippen LogP contribution in [0.2, 0.25) is 0 Å². The van der Waals surface area contributed by atoms with Crippen molar-refractivity contribution in [2.75, 3.05) is 29.6 Å². The summed E-state index contributed by atoms with van der Waals surface area (Å²) in [6.07, 6.45) is 1.23. The standard InChI is InChI=1S/C12H16ClNO4S/c13-5-1-8-19(15,16)14-10-3-4-11-12(9-10)18-7-2-6-17-11/h3-4,9,14H,1-2,5-8H2. The lowest BCUT2D eigenvalue weighted by Crippen LogP contribution is -2.17. The number of rotatable bonds is 5. The van der Waals surface area contributed by atoms with Crippen LogP contribution in [-0.4, -0.2) is 33.3 Å². The molecule has 0 radical (unpaired) electrons.